The summed E-state index contributed by atoms with van der Waals surface area (Å²) in [4.78, 5) is 27.1. The summed E-state index contributed by atoms with van der Waals surface area (Å²) in [5, 5.41) is 0. The maximum atomic E-state index is 11.6. The molecule has 0 aliphatic heterocycles. The van der Waals surface area contributed by atoms with E-state index < -0.39 is 21.1 Å². The molecule has 0 unspecified atom stereocenters. The Morgan fingerprint density at radius 3 is 2.37 bits per heavy atom. The number of anilines is 1. The van der Waals surface area contributed by atoms with Crippen LogP contribution in [0.25, 0.3) is 11.0 Å². The van der Waals surface area contributed by atoms with E-state index in [1.54, 1.807) is 6.92 Å². The first-order chi connectivity index (χ1) is 8.91. The lowest BCUT2D eigenvalue weighted by atomic mass is 10.3. The molecule has 0 aliphatic carbocycles. The van der Waals surface area contributed by atoms with E-state index in [9.17, 15) is 18.0 Å². The highest BCUT2D eigenvalue weighted by molar-refractivity contribution is 7.92. The Labute approximate surface area is 108 Å². The molecule has 1 aromatic carbocycles. The van der Waals surface area contributed by atoms with Crippen LogP contribution in [0.1, 0.15) is 13.3 Å². The standard InChI is InChI=1S/C11H13N3O4S/c1-2-5-19(17,18)14-7-3-4-8-9(6-7)13-11(16)10(15)12-8/h3-4,6,14H,2,5H2,1H3,(H,12,15)(H,13,16). The molecule has 8 heteroatoms. The molecule has 0 fully saturated rings. The van der Waals surface area contributed by atoms with Crippen LogP contribution in [0.2, 0.25) is 0 Å². The number of H-pyrrole nitrogens is 2. The number of fused-ring (bicyclic) bond motifs is 1. The molecule has 0 atom stereocenters. The van der Waals surface area contributed by atoms with Crippen molar-refractivity contribution in [3.05, 3.63) is 38.9 Å². The molecule has 1 aromatic heterocycles. The Morgan fingerprint density at radius 2 is 1.74 bits per heavy atom. The molecule has 7 nitrogen and oxygen atoms in total. The summed E-state index contributed by atoms with van der Waals surface area (Å²) in [6.45, 7) is 1.77. The number of nitrogens with one attached hydrogen (secondary N) is 3. The van der Waals surface area contributed by atoms with Crippen molar-refractivity contribution in [1.82, 2.24) is 9.97 Å². The third kappa shape index (κ3) is 3.02. The van der Waals surface area contributed by atoms with Crippen molar-refractivity contribution in [1.29, 1.82) is 0 Å². The van der Waals surface area contributed by atoms with Gasteiger partial charge in [-0.3, -0.25) is 14.3 Å². The number of hydrogen-bond donors (Lipinski definition) is 3. The zero-order chi connectivity index (χ0) is 14.0. The van der Waals surface area contributed by atoms with Gasteiger partial charge in [0.25, 0.3) is 0 Å². The molecular formula is C11H13N3O4S. The third-order valence-corrected chi connectivity index (χ3v) is 3.96. The van der Waals surface area contributed by atoms with E-state index >= 15 is 0 Å². The van der Waals surface area contributed by atoms with Crippen LogP contribution in [0, 0.1) is 0 Å². The van der Waals surface area contributed by atoms with Gasteiger partial charge in [0, 0.05) is 0 Å². The molecule has 19 heavy (non-hydrogen) atoms. The van der Waals surface area contributed by atoms with Crippen molar-refractivity contribution >= 4 is 26.7 Å². The molecule has 0 spiro atoms. The summed E-state index contributed by atoms with van der Waals surface area (Å²) in [6, 6.07) is 4.50. The lowest BCUT2D eigenvalue weighted by Crippen LogP contribution is -2.28. The Morgan fingerprint density at radius 1 is 1.11 bits per heavy atom. The maximum Gasteiger partial charge on any atom is 0.314 e. The topological polar surface area (TPSA) is 112 Å². The summed E-state index contributed by atoms with van der Waals surface area (Å²) >= 11 is 0. The van der Waals surface area contributed by atoms with Gasteiger partial charge in [-0.1, -0.05) is 6.92 Å². The minimum absolute atomic E-state index is 0.0210. The fraction of sp³-hybridized carbons (Fsp3) is 0.273. The van der Waals surface area contributed by atoms with Crippen LogP contribution in [0.4, 0.5) is 5.69 Å². The lowest BCUT2D eigenvalue weighted by Gasteiger charge is -2.07. The molecule has 102 valence electrons. The van der Waals surface area contributed by atoms with Crippen molar-refractivity contribution < 1.29 is 8.42 Å². The monoisotopic (exact) mass is 283 g/mol. The first kappa shape index (κ1) is 13.3. The van der Waals surface area contributed by atoms with Crippen molar-refractivity contribution in [3.63, 3.8) is 0 Å². The van der Waals surface area contributed by atoms with Crippen LogP contribution in [0.15, 0.2) is 27.8 Å². The predicted octanol–water partition coefficient (Wildman–Crippen LogP) is 0.368. The summed E-state index contributed by atoms with van der Waals surface area (Å²) in [5.74, 6) is 0.0210. The largest absolute Gasteiger partial charge is 0.316 e. The molecule has 0 radical (unpaired) electrons. The number of aromatic nitrogens is 2. The Bertz CT molecular complexity index is 820. The van der Waals surface area contributed by atoms with Gasteiger partial charge in [0.05, 0.1) is 22.5 Å². The zero-order valence-electron chi connectivity index (χ0n) is 10.2. The number of sulfonamides is 1. The Hall–Kier alpha value is -2.09. The first-order valence-electron chi connectivity index (χ1n) is 5.68. The number of benzene rings is 1. The van der Waals surface area contributed by atoms with Crippen molar-refractivity contribution in [2.75, 3.05) is 10.5 Å². The van der Waals surface area contributed by atoms with Gasteiger partial charge in [-0.15, -0.1) is 0 Å². The number of aromatic amines is 2. The predicted molar refractivity (Wildman–Crippen MR) is 72.9 cm³/mol. The minimum Gasteiger partial charge on any atom is -0.316 e. The highest BCUT2D eigenvalue weighted by Gasteiger charge is 2.09. The van der Waals surface area contributed by atoms with Gasteiger partial charge in [0.15, 0.2) is 0 Å². The first-order valence-corrected chi connectivity index (χ1v) is 7.33. The van der Waals surface area contributed by atoms with Crippen LogP contribution in [0.3, 0.4) is 0 Å². The van der Waals surface area contributed by atoms with E-state index in [2.05, 4.69) is 14.7 Å². The second-order valence-corrected chi connectivity index (χ2v) is 5.93. The molecule has 3 N–H and O–H groups in total. The van der Waals surface area contributed by atoms with E-state index in [4.69, 9.17) is 0 Å². The average molecular weight is 283 g/mol. The highest BCUT2D eigenvalue weighted by atomic mass is 32.2. The molecule has 0 amide bonds. The molecule has 0 bridgehead atoms. The fourth-order valence-electron chi connectivity index (χ4n) is 1.68. The van der Waals surface area contributed by atoms with E-state index in [-0.39, 0.29) is 5.75 Å². The Balaban J connectivity index is 2.45. The summed E-state index contributed by atoms with van der Waals surface area (Å²) in [6.07, 6.45) is 0.507. The van der Waals surface area contributed by atoms with E-state index in [1.165, 1.54) is 18.2 Å². The highest BCUT2D eigenvalue weighted by Crippen LogP contribution is 2.15. The molecular weight excluding hydrogens is 270 g/mol. The van der Waals surface area contributed by atoms with Crippen molar-refractivity contribution in [3.8, 4) is 0 Å². The summed E-state index contributed by atoms with van der Waals surface area (Å²) < 4.78 is 25.6. The number of hydrogen-bond acceptors (Lipinski definition) is 4. The smallest absolute Gasteiger partial charge is 0.314 e. The van der Waals surface area contributed by atoms with Crippen LogP contribution in [-0.2, 0) is 10.0 Å². The zero-order valence-corrected chi connectivity index (χ0v) is 11.0. The van der Waals surface area contributed by atoms with Gasteiger partial charge in [-0.2, -0.15) is 0 Å². The average Bonchev–Trinajstić information content (AvgIpc) is 2.30. The van der Waals surface area contributed by atoms with Gasteiger partial charge in [-0.25, -0.2) is 8.42 Å². The second kappa shape index (κ2) is 4.88. The molecule has 1 heterocycles. The van der Waals surface area contributed by atoms with E-state index in [0.717, 1.165) is 0 Å². The summed E-state index contributed by atoms with van der Waals surface area (Å²) in [7, 11) is -3.39. The van der Waals surface area contributed by atoms with Gasteiger partial charge < -0.3 is 9.97 Å². The van der Waals surface area contributed by atoms with Crippen molar-refractivity contribution in [2.45, 2.75) is 13.3 Å². The third-order valence-electron chi connectivity index (χ3n) is 2.47. The second-order valence-electron chi connectivity index (χ2n) is 4.09. The van der Waals surface area contributed by atoms with Crippen LogP contribution >= 0.6 is 0 Å². The fourth-order valence-corrected chi connectivity index (χ4v) is 2.80. The van der Waals surface area contributed by atoms with Crippen LogP contribution in [0.5, 0.6) is 0 Å². The van der Waals surface area contributed by atoms with E-state index in [1.807, 2.05) is 0 Å². The molecule has 0 saturated carbocycles. The van der Waals surface area contributed by atoms with Crippen LogP contribution < -0.4 is 15.8 Å². The van der Waals surface area contributed by atoms with Gasteiger partial charge >= 0.3 is 11.1 Å². The normalized spacial score (nSPS) is 11.6. The minimum atomic E-state index is -3.39. The summed E-state index contributed by atoms with van der Waals surface area (Å²) in [5.41, 5.74) is -0.388. The van der Waals surface area contributed by atoms with Gasteiger partial charge in [-0.05, 0) is 24.6 Å². The molecule has 2 rings (SSSR count). The molecule has 0 saturated heterocycles. The maximum absolute atomic E-state index is 11.6. The van der Waals surface area contributed by atoms with Crippen molar-refractivity contribution in [2.24, 2.45) is 0 Å². The quantitative estimate of drug-likeness (QED) is 0.703. The van der Waals surface area contributed by atoms with Gasteiger partial charge in [0.2, 0.25) is 10.0 Å². The van der Waals surface area contributed by atoms with Gasteiger partial charge in [0.1, 0.15) is 0 Å². The molecule has 0 aliphatic rings. The van der Waals surface area contributed by atoms with Crippen LogP contribution in [-0.4, -0.2) is 24.1 Å². The lowest BCUT2D eigenvalue weighted by molar-refractivity contribution is 0.600. The SMILES string of the molecule is CCCS(=O)(=O)Nc1ccc2[nH]c(=O)c(=O)[nH]c2c1. The Kier molecular flexibility index (Phi) is 3.43. The number of rotatable bonds is 4. The molecule has 2 aromatic rings. The van der Waals surface area contributed by atoms with E-state index in [0.29, 0.717) is 23.1 Å².